The molecular weight excluding hydrogens is 509 g/mol. The smallest absolute Gasteiger partial charge is 0.419 e. The molecule has 0 spiro atoms. The molecule has 0 aliphatic heterocycles. The molecule has 0 amide bonds. The van der Waals surface area contributed by atoms with Crippen LogP contribution in [0.4, 0.5) is 30.7 Å². The molecule has 0 aromatic heterocycles. The van der Waals surface area contributed by atoms with E-state index >= 15 is 8.78 Å². The van der Waals surface area contributed by atoms with E-state index in [1.54, 1.807) is 0 Å². The third-order valence-corrected chi connectivity index (χ3v) is 8.07. The van der Waals surface area contributed by atoms with Gasteiger partial charge in [0.05, 0.1) is 0 Å². The van der Waals surface area contributed by atoms with Crippen LogP contribution < -0.4 is 4.74 Å². The minimum Gasteiger partial charge on any atom is -0.429 e. The highest BCUT2D eigenvalue weighted by Gasteiger charge is 2.32. The largest absolute Gasteiger partial charge is 0.429 e. The van der Waals surface area contributed by atoms with E-state index in [1.807, 2.05) is 0 Å². The Balaban J connectivity index is 1.33. The Bertz CT molecular complexity index is 1080. The van der Waals surface area contributed by atoms with E-state index < -0.39 is 40.9 Å². The summed E-state index contributed by atoms with van der Waals surface area (Å²) >= 11 is 0. The molecule has 0 radical (unpaired) electrons. The van der Waals surface area contributed by atoms with E-state index in [9.17, 15) is 22.0 Å². The number of ether oxygens (including phenoxy) is 1. The van der Waals surface area contributed by atoms with Gasteiger partial charge in [0.1, 0.15) is 17.4 Å². The van der Waals surface area contributed by atoms with Crippen LogP contribution in [0.15, 0.2) is 36.4 Å². The fraction of sp³-hybridized carbons (Fsp3) is 0.533. The molecule has 0 unspecified atom stereocenters. The average molecular weight is 543 g/mol. The van der Waals surface area contributed by atoms with Crippen LogP contribution in [0.2, 0.25) is 0 Å². The first-order valence-electron chi connectivity index (χ1n) is 13.5. The van der Waals surface area contributed by atoms with Crippen LogP contribution in [0.1, 0.15) is 94.1 Å². The van der Waals surface area contributed by atoms with Gasteiger partial charge in [-0.1, -0.05) is 25.8 Å². The molecule has 0 atom stereocenters. The summed E-state index contributed by atoms with van der Waals surface area (Å²) < 4.78 is 102. The Morgan fingerprint density at radius 3 is 1.87 bits per heavy atom. The van der Waals surface area contributed by atoms with Crippen LogP contribution in [0, 0.1) is 40.9 Å². The molecule has 2 fully saturated rings. The maximum atomic E-state index is 15.1. The summed E-state index contributed by atoms with van der Waals surface area (Å²) in [6, 6.07) is 3.65. The van der Waals surface area contributed by atoms with Gasteiger partial charge in [0.2, 0.25) is 0 Å². The van der Waals surface area contributed by atoms with Gasteiger partial charge in [-0.05, 0) is 92.7 Å². The van der Waals surface area contributed by atoms with Crippen LogP contribution in [-0.2, 0) is 0 Å². The minimum absolute atomic E-state index is 0.0740. The standard InChI is InChI=1S/C30H33F7O/c1-2-3-18-4-8-20(9-5-18)22-14-24(31)28(25(32)15-22)21-10-6-19(7-11-21)12-13-30(36,37)38-23-16-26(33)29(35)27(34)17-23/h12-21H,2-11H2,1H3/b13-12+. The molecule has 0 bridgehead atoms. The van der Waals surface area contributed by atoms with Crippen molar-refractivity contribution in [2.75, 3.05) is 0 Å². The van der Waals surface area contributed by atoms with Crippen molar-refractivity contribution in [1.29, 1.82) is 0 Å². The molecule has 4 rings (SSSR count). The molecule has 2 saturated carbocycles. The van der Waals surface area contributed by atoms with E-state index in [0.717, 1.165) is 37.7 Å². The quantitative estimate of drug-likeness (QED) is 0.183. The SMILES string of the molecule is CCCC1CCC(c2cc(F)c(C3CCC(/C=C/C(F)(F)Oc4cc(F)c(F)c(F)c4)CC3)c(F)c2)CC1. The molecule has 0 N–H and O–H groups in total. The van der Waals surface area contributed by atoms with E-state index in [2.05, 4.69) is 11.7 Å². The van der Waals surface area contributed by atoms with Crippen LogP contribution in [0.25, 0.3) is 0 Å². The van der Waals surface area contributed by atoms with Gasteiger partial charge in [0.25, 0.3) is 0 Å². The van der Waals surface area contributed by atoms with Crippen LogP contribution >= 0.6 is 0 Å². The maximum absolute atomic E-state index is 15.1. The van der Waals surface area contributed by atoms with E-state index in [1.165, 1.54) is 24.6 Å². The Morgan fingerprint density at radius 1 is 0.763 bits per heavy atom. The topological polar surface area (TPSA) is 9.23 Å². The molecule has 2 aromatic carbocycles. The fourth-order valence-electron chi connectivity index (χ4n) is 6.05. The number of hydrogen-bond donors (Lipinski definition) is 0. The van der Waals surface area contributed by atoms with E-state index in [-0.39, 0.29) is 23.3 Å². The lowest BCUT2D eigenvalue weighted by Gasteiger charge is -2.30. The summed E-state index contributed by atoms with van der Waals surface area (Å²) in [4.78, 5) is 0. The predicted molar refractivity (Wildman–Crippen MR) is 132 cm³/mol. The first kappa shape index (κ1) is 28.5. The highest BCUT2D eigenvalue weighted by molar-refractivity contribution is 5.32. The van der Waals surface area contributed by atoms with Crippen LogP contribution in [0.5, 0.6) is 5.75 Å². The molecule has 1 nitrogen and oxygen atoms in total. The Hall–Kier alpha value is -2.51. The monoisotopic (exact) mass is 542 g/mol. The Morgan fingerprint density at radius 2 is 1.32 bits per heavy atom. The zero-order valence-corrected chi connectivity index (χ0v) is 21.4. The Labute approximate surface area is 219 Å². The highest BCUT2D eigenvalue weighted by atomic mass is 19.3. The van der Waals surface area contributed by atoms with E-state index in [0.29, 0.717) is 49.8 Å². The second-order valence-corrected chi connectivity index (χ2v) is 10.7. The van der Waals surface area contributed by atoms with Crippen molar-refractivity contribution in [3.05, 3.63) is 76.6 Å². The zero-order valence-electron chi connectivity index (χ0n) is 21.4. The average Bonchev–Trinajstić information content (AvgIpc) is 2.87. The van der Waals surface area contributed by atoms with Gasteiger partial charge in [0, 0.05) is 23.8 Å². The van der Waals surface area contributed by atoms with E-state index in [4.69, 9.17) is 0 Å². The number of alkyl halides is 2. The van der Waals surface area contributed by atoms with Gasteiger partial charge >= 0.3 is 6.11 Å². The number of hydrogen-bond acceptors (Lipinski definition) is 1. The second kappa shape index (κ2) is 12.1. The van der Waals surface area contributed by atoms with Gasteiger partial charge in [-0.25, -0.2) is 22.0 Å². The van der Waals surface area contributed by atoms with Crippen LogP contribution in [-0.4, -0.2) is 6.11 Å². The number of rotatable bonds is 8. The lowest BCUT2D eigenvalue weighted by molar-refractivity contribution is -0.132. The summed E-state index contributed by atoms with van der Waals surface area (Å²) in [5.74, 6) is -6.68. The van der Waals surface area contributed by atoms with Crippen LogP contribution in [0.3, 0.4) is 0 Å². The fourth-order valence-corrected chi connectivity index (χ4v) is 6.05. The van der Waals surface area contributed by atoms with Crippen molar-refractivity contribution in [1.82, 2.24) is 0 Å². The predicted octanol–water partition coefficient (Wildman–Crippen LogP) is 9.96. The van der Waals surface area contributed by atoms with Crippen molar-refractivity contribution in [2.45, 2.75) is 89.1 Å². The van der Waals surface area contributed by atoms with Crippen molar-refractivity contribution in [3.8, 4) is 5.75 Å². The first-order chi connectivity index (χ1) is 18.1. The molecule has 2 aliphatic carbocycles. The number of allylic oxidation sites excluding steroid dienone is 1. The van der Waals surface area contributed by atoms with Gasteiger partial charge < -0.3 is 4.74 Å². The maximum Gasteiger partial charge on any atom is 0.419 e. The molecule has 38 heavy (non-hydrogen) atoms. The highest BCUT2D eigenvalue weighted by Crippen LogP contribution is 2.42. The molecular formula is C30H33F7O. The summed E-state index contributed by atoms with van der Waals surface area (Å²) in [5, 5.41) is 0. The minimum atomic E-state index is -3.88. The molecule has 208 valence electrons. The molecule has 2 aromatic rings. The van der Waals surface area contributed by atoms with Gasteiger partial charge in [-0.2, -0.15) is 8.78 Å². The summed E-state index contributed by atoms with van der Waals surface area (Å²) in [5.41, 5.74) is 0.795. The number of benzene rings is 2. The molecule has 2 aliphatic rings. The van der Waals surface area contributed by atoms with Gasteiger partial charge in [-0.15, -0.1) is 0 Å². The second-order valence-electron chi connectivity index (χ2n) is 10.7. The lowest BCUT2D eigenvalue weighted by atomic mass is 9.75. The first-order valence-corrected chi connectivity index (χ1v) is 13.5. The summed E-state index contributed by atoms with van der Waals surface area (Å²) in [6.07, 6.45) is 6.03. The third kappa shape index (κ3) is 6.92. The van der Waals surface area contributed by atoms with Crippen molar-refractivity contribution in [2.24, 2.45) is 11.8 Å². The van der Waals surface area contributed by atoms with Gasteiger partial charge in [0.15, 0.2) is 17.5 Å². The number of halogens is 7. The summed E-state index contributed by atoms with van der Waals surface area (Å²) in [6.45, 7) is 2.17. The lowest BCUT2D eigenvalue weighted by Crippen LogP contribution is -2.22. The van der Waals surface area contributed by atoms with Crippen molar-refractivity contribution in [3.63, 3.8) is 0 Å². The molecule has 0 saturated heterocycles. The van der Waals surface area contributed by atoms with Gasteiger partial charge in [-0.3, -0.25) is 0 Å². The van der Waals surface area contributed by atoms with Crippen molar-refractivity contribution >= 4 is 0 Å². The third-order valence-electron chi connectivity index (χ3n) is 8.07. The zero-order chi connectivity index (χ0) is 27.4. The molecule has 8 heteroatoms. The van der Waals surface area contributed by atoms with Crippen molar-refractivity contribution < 1.29 is 35.5 Å². The normalized spacial score (nSPS) is 24.6. The summed E-state index contributed by atoms with van der Waals surface area (Å²) in [7, 11) is 0. The Kier molecular flexibility index (Phi) is 9.09. The molecule has 0 heterocycles.